The van der Waals surface area contributed by atoms with Crippen LogP contribution < -0.4 is 15.4 Å². The molecule has 0 aliphatic heterocycles. The van der Waals surface area contributed by atoms with Crippen LogP contribution in [0.3, 0.4) is 0 Å². The largest absolute Gasteiger partial charge is 0.484 e. The smallest absolute Gasteiger partial charge is 0.272 e. The van der Waals surface area contributed by atoms with Gasteiger partial charge >= 0.3 is 0 Å². The van der Waals surface area contributed by atoms with E-state index >= 15 is 0 Å². The minimum atomic E-state index is -0.599. The predicted octanol–water partition coefficient (Wildman–Crippen LogP) is 2.42. The van der Waals surface area contributed by atoms with E-state index in [4.69, 9.17) is 16.3 Å². The van der Waals surface area contributed by atoms with Crippen molar-refractivity contribution >= 4 is 23.4 Å². The third kappa shape index (κ3) is 4.17. The molecule has 2 amide bonds. The van der Waals surface area contributed by atoms with E-state index in [0.29, 0.717) is 12.3 Å². The fraction of sp³-hybridized carbons (Fsp3) is 0.400. The Hall–Kier alpha value is -2.74. The van der Waals surface area contributed by atoms with Crippen LogP contribution in [-0.2, 0) is 4.79 Å². The van der Waals surface area contributed by atoms with Gasteiger partial charge in [0.1, 0.15) is 11.6 Å². The molecule has 2 N–H and O–H groups in total. The van der Waals surface area contributed by atoms with Crippen LogP contribution in [0.15, 0.2) is 30.3 Å². The summed E-state index contributed by atoms with van der Waals surface area (Å²) in [6.45, 7) is 1.59. The molecule has 1 atom stereocenters. The van der Waals surface area contributed by atoms with Gasteiger partial charge in [-0.1, -0.05) is 11.6 Å². The Labute approximate surface area is 172 Å². The summed E-state index contributed by atoms with van der Waals surface area (Å²) < 4.78 is 18.8. The molecule has 0 spiro atoms. The lowest BCUT2D eigenvalue weighted by molar-refractivity contribution is -0.125. The summed E-state index contributed by atoms with van der Waals surface area (Å²) in [4.78, 5) is 24.6. The minimum absolute atomic E-state index is 0.00290. The number of halogens is 2. The van der Waals surface area contributed by atoms with E-state index in [-0.39, 0.29) is 46.5 Å². The van der Waals surface area contributed by atoms with Gasteiger partial charge in [-0.15, -0.1) is 5.10 Å². The van der Waals surface area contributed by atoms with Crippen LogP contribution in [0.4, 0.5) is 4.39 Å². The van der Waals surface area contributed by atoms with Crippen LogP contribution in [0, 0.1) is 18.7 Å². The van der Waals surface area contributed by atoms with Crippen LogP contribution in [0.1, 0.15) is 35.4 Å². The molecule has 2 bridgehead atoms. The highest BCUT2D eigenvalue weighted by molar-refractivity contribution is 6.30. The maximum atomic E-state index is 13.4. The number of ether oxygens (including phenoxy) is 1. The van der Waals surface area contributed by atoms with Crippen molar-refractivity contribution in [1.82, 2.24) is 20.8 Å². The number of aryl methyl sites for hydroxylation is 1. The molecule has 1 heterocycles. The lowest BCUT2D eigenvalue weighted by Crippen LogP contribution is -2.53. The number of benzene rings is 1. The van der Waals surface area contributed by atoms with Gasteiger partial charge in [0.2, 0.25) is 0 Å². The molecule has 152 valence electrons. The summed E-state index contributed by atoms with van der Waals surface area (Å²) in [6.07, 6.45) is 2.27. The zero-order chi connectivity index (χ0) is 20.6. The number of hydrogen-bond donors (Lipinski definition) is 2. The van der Waals surface area contributed by atoms with Gasteiger partial charge in [0.15, 0.2) is 12.3 Å². The van der Waals surface area contributed by atoms with Crippen molar-refractivity contribution < 1.29 is 18.7 Å². The average molecular weight is 419 g/mol. The second-order valence-corrected chi connectivity index (χ2v) is 8.11. The standard InChI is InChI=1S/C20H20ClFN4O3/c1-11-2-5-16(26-25-11)19(28)23-17-9-20(7-12(17)8-20)24-18(27)10-29-13-3-4-14(21)15(22)6-13/h2-6,12,17H,7-10H2,1H3,(H,23,28)(H,24,27). The first kappa shape index (κ1) is 19.6. The third-order valence-electron chi connectivity index (χ3n) is 5.50. The summed E-state index contributed by atoms with van der Waals surface area (Å²) in [5, 5.41) is 13.8. The van der Waals surface area contributed by atoms with Crippen molar-refractivity contribution in [2.45, 2.75) is 37.8 Å². The van der Waals surface area contributed by atoms with E-state index in [1.165, 1.54) is 12.1 Å². The maximum Gasteiger partial charge on any atom is 0.272 e. The van der Waals surface area contributed by atoms with Gasteiger partial charge in [-0.2, -0.15) is 5.10 Å². The Morgan fingerprint density at radius 3 is 2.72 bits per heavy atom. The molecule has 3 aliphatic rings. The number of carbonyl (C=O) groups excluding carboxylic acids is 2. The Kier molecular flexibility index (Phi) is 5.12. The van der Waals surface area contributed by atoms with Gasteiger partial charge in [0, 0.05) is 17.6 Å². The summed E-state index contributed by atoms with van der Waals surface area (Å²) in [5.74, 6) is -0.580. The Morgan fingerprint density at radius 1 is 1.24 bits per heavy atom. The van der Waals surface area contributed by atoms with Crippen LogP contribution in [-0.4, -0.2) is 40.2 Å². The Morgan fingerprint density at radius 2 is 2.03 bits per heavy atom. The number of nitrogens with one attached hydrogen (secondary N) is 2. The average Bonchev–Trinajstić information content (AvgIpc) is 3.16. The SMILES string of the molecule is Cc1ccc(C(=O)NC2CC3(NC(=O)COc4ccc(Cl)c(F)c4)CC2C3)nn1. The van der Waals surface area contributed by atoms with Gasteiger partial charge in [0.25, 0.3) is 11.8 Å². The minimum Gasteiger partial charge on any atom is -0.484 e. The molecule has 0 saturated heterocycles. The lowest BCUT2D eigenvalue weighted by Gasteiger charge is -2.39. The summed E-state index contributed by atoms with van der Waals surface area (Å²) >= 11 is 5.63. The molecule has 29 heavy (non-hydrogen) atoms. The quantitative estimate of drug-likeness (QED) is 0.751. The second kappa shape index (κ2) is 7.59. The molecule has 7 nitrogen and oxygen atoms in total. The van der Waals surface area contributed by atoms with E-state index in [1.54, 1.807) is 19.1 Å². The summed E-state index contributed by atoms with van der Waals surface area (Å²) in [6, 6.07) is 7.39. The third-order valence-corrected chi connectivity index (χ3v) is 5.80. The highest BCUT2D eigenvalue weighted by Crippen LogP contribution is 2.52. The normalized spacial score (nSPS) is 24.5. The molecule has 3 saturated carbocycles. The van der Waals surface area contributed by atoms with E-state index in [1.807, 2.05) is 0 Å². The van der Waals surface area contributed by atoms with Crippen LogP contribution in [0.2, 0.25) is 5.02 Å². The van der Waals surface area contributed by atoms with E-state index in [2.05, 4.69) is 20.8 Å². The zero-order valence-corrected chi connectivity index (χ0v) is 16.5. The molecular formula is C20H20ClFN4O3. The zero-order valence-electron chi connectivity index (χ0n) is 15.7. The molecule has 1 aromatic carbocycles. The molecule has 3 aliphatic carbocycles. The van der Waals surface area contributed by atoms with Crippen molar-refractivity contribution in [3.63, 3.8) is 0 Å². The highest BCUT2D eigenvalue weighted by Gasteiger charge is 2.57. The number of fused-ring (bicyclic) bond motifs is 1. The number of aromatic nitrogens is 2. The highest BCUT2D eigenvalue weighted by atomic mass is 35.5. The van der Waals surface area contributed by atoms with E-state index in [9.17, 15) is 14.0 Å². The second-order valence-electron chi connectivity index (χ2n) is 7.71. The first-order chi connectivity index (χ1) is 13.8. The Balaban J connectivity index is 1.27. The number of hydrogen-bond acceptors (Lipinski definition) is 5. The van der Waals surface area contributed by atoms with Crippen LogP contribution in [0.25, 0.3) is 0 Å². The summed E-state index contributed by atoms with van der Waals surface area (Å²) in [5.41, 5.74) is 0.698. The summed E-state index contributed by atoms with van der Waals surface area (Å²) in [7, 11) is 0. The van der Waals surface area contributed by atoms with E-state index in [0.717, 1.165) is 24.6 Å². The van der Waals surface area contributed by atoms with Gasteiger partial charge in [-0.25, -0.2) is 4.39 Å². The van der Waals surface area contributed by atoms with Crippen molar-refractivity contribution in [3.05, 3.63) is 52.6 Å². The first-order valence-electron chi connectivity index (χ1n) is 9.34. The van der Waals surface area contributed by atoms with Crippen LogP contribution in [0.5, 0.6) is 5.75 Å². The fourth-order valence-corrected chi connectivity index (χ4v) is 4.23. The molecule has 2 aromatic rings. The van der Waals surface area contributed by atoms with Crippen molar-refractivity contribution in [1.29, 1.82) is 0 Å². The number of rotatable bonds is 6. The molecule has 5 rings (SSSR count). The van der Waals surface area contributed by atoms with Gasteiger partial charge in [-0.3, -0.25) is 9.59 Å². The predicted molar refractivity (Wildman–Crippen MR) is 103 cm³/mol. The fourth-order valence-electron chi connectivity index (χ4n) is 4.11. The number of carbonyl (C=O) groups is 2. The monoisotopic (exact) mass is 418 g/mol. The number of nitrogens with zero attached hydrogens (tertiary/aromatic N) is 2. The van der Waals surface area contributed by atoms with Gasteiger partial charge < -0.3 is 15.4 Å². The molecule has 1 aromatic heterocycles. The van der Waals surface area contributed by atoms with Crippen LogP contribution >= 0.6 is 11.6 Å². The molecule has 3 fully saturated rings. The molecule has 9 heteroatoms. The Bertz CT molecular complexity index is 947. The topological polar surface area (TPSA) is 93.2 Å². The number of amides is 2. The van der Waals surface area contributed by atoms with Gasteiger partial charge in [0.05, 0.1) is 10.7 Å². The molecule has 0 radical (unpaired) electrons. The van der Waals surface area contributed by atoms with Crippen molar-refractivity contribution in [2.75, 3.05) is 6.61 Å². The lowest BCUT2D eigenvalue weighted by atomic mass is 9.76. The molecule has 1 unspecified atom stereocenters. The first-order valence-corrected chi connectivity index (χ1v) is 9.71. The van der Waals surface area contributed by atoms with Crippen molar-refractivity contribution in [2.24, 2.45) is 5.92 Å². The molecular weight excluding hydrogens is 399 g/mol. The van der Waals surface area contributed by atoms with Gasteiger partial charge in [-0.05, 0) is 56.4 Å². The maximum absolute atomic E-state index is 13.4. The van der Waals surface area contributed by atoms with Crippen molar-refractivity contribution in [3.8, 4) is 5.75 Å². The van der Waals surface area contributed by atoms with E-state index < -0.39 is 5.82 Å².